The number of hydrogen-bond donors (Lipinski definition) is 0. The molecule has 5 nitrogen and oxygen atoms in total. The molecule has 0 aliphatic carbocycles. The van der Waals surface area contributed by atoms with Gasteiger partial charge in [-0.1, -0.05) is 48.5 Å². The van der Waals surface area contributed by atoms with Crippen LogP contribution in [0.1, 0.15) is 25.0 Å². The Morgan fingerprint density at radius 1 is 0.966 bits per heavy atom. The standard InChI is InChI=1S/C23H25NO4S/c1-16(2)28-14-13-24-22(25)20(18-11-7-8-12-19(18)27-3)21(23(24)26)29-15-17-9-5-4-6-10-17/h4-12,16H,13-15H2,1-3H3. The Balaban J connectivity index is 1.92. The summed E-state index contributed by atoms with van der Waals surface area (Å²) < 4.78 is 11.0. The van der Waals surface area contributed by atoms with E-state index in [-0.39, 0.29) is 24.5 Å². The molecule has 0 spiro atoms. The molecule has 0 saturated heterocycles. The van der Waals surface area contributed by atoms with Crippen molar-refractivity contribution in [1.82, 2.24) is 4.90 Å². The van der Waals surface area contributed by atoms with Gasteiger partial charge in [-0.2, -0.15) is 0 Å². The summed E-state index contributed by atoms with van der Waals surface area (Å²) in [5, 5.41) is 0. The molecule has 1 aliphatic heterocycles. The van der Waals surface area contributed by atoms with Gasteiger partial charge in [0, 0.05) is 11.3 Å². The van der Waals surface area contributed by atoms with Crippen LogP contribution in [-0.2, 0) is 20.1 Å². The molecule has 1 aliphatic rings. The van der Waals surface area contributed by atoms with Gasteiger partial charge >= 0.3 is 0 Å². The molecule has 0 unspecified atom stereocenters. The van der Waals surface area contributed by atoms with Gasteiger partial charge in [-0.15, -0.1) is 11.8 Å². The molecule has 0 atom stereocenters. The quantitative estimate of drug-likeness (QED) is 0.581. The largest absolute Gasteiger partial charge is 0.496 e. The lowest BCUT2D eigenvalue weighted by atomic mass is 10.1. The molecule has 1 heterocycles. The number of ether oxygens (including phenoxy) is 2. The van der Waals surface area contributed by atoms with Crippen LogP contribution >= 0.6 is 11.8 Å². The van der Waals surface area contributed by atoms with E-state index < -0.39 is 0 Å². The molecule has 0 bridgehead atoms. The van der Waals surface area contributed by atoms with Crippen molar-refractivity contribution in [1.29, 1.82) is 0 Å². The molecule has 0 N–H and O–H groups in total. The maximum Gasteiger partial charge on any atom is 0.268 e. The predicted molar refractivity (Wildman–Crippen MR) is 115 cm³/mol. The second-order valence-corrected chi connectivity index (χ2v) is 7.85. The van der Waals surface area contributed by atoms with Crippen LogP contribution in [0.2, 0.25) is 0 Å². The fraction of sp³-hybridized carbons (Fsp3) is 0.304. The number of hydrogen-bond acceptors (Lipinski definition) is 5. The van der Waals surface area contributed by atoms with E-state index in [4.69, 9.17) is 9.47 Å². The molecule has 2 aromatic rings. The molecule has 0 fully saturated rings. The van der Waals surface area contributed by atoms with Crippen LogP contribution in [0.25, 0.3) is 5.57 Å². The number of carbonyl (C=O) groups is 2. The van der Waals surface area contributed by atoms with Gasteiger partial charge in [-0.25, -0.2) is 0 Å². The Hall–Kier alpha value is -2.57. The smallest absolute Gasteiger partial charge is 0.268 e. The van der Waals surface area contributed by atoms with Crippen LogP contribution in [0.4, 0.5) is 0 Å². The van der Waals surface area contributed by atoms with Crippen LogP contribution in [0.3, 0.4) is 0 Å². The van der Waals surface area contributed by atoms with E-state index in [0.29, 0.717) is 34.2 Å². The minimum Gasteiger partial charge on any atom is -0.496 e. The molecular formula is C23H25NO4S. The zero-order valence-electron chi connectivity index (χ0n) is 16.9. The first-order chi connectivity index (χ1) is 14.0. The van der Waals surface area contributed by atoms with Gasteiger partial charge in [0.25, 0.3) is 11.8 Å². The second kappa shape index (κ2) is 9.76. The van der Waals surface area contributed by atoms with Gasteiger partial charge in [0.2, 0.25) is 0 Å². The molecule has 0 radical (unpaired) electrons. The fourth-order valence-corrected chi connectivity index (χ4v) is 4.17. The summed E-state index contributed by atoms with van der Waals surface area (Å²) in [7, 11) is 1.56. The monoisotopic (exact) mass is 411 g/mol. The third kappa shape index (κ3) is 4.89. The number of imide groups is 1. The number of thioether (sulfide) groups is 1. The van der Waals surface area contributed by atoms with Gasteiger partial charge in [0.1, 0.15) is 5.75 Å². The first kappa shape index (κ1) is 21.1. The lowest BCUT2D eigenvalue weighted by Crippen LogP contribution is -2.35. The summed E-state index contributed by atoms with van der Waals surface area (Å²) in [6, 6.07) is 17.2. The van der Waals surface area contributed by atoms with Crippen LogP contribution in [0.15, 0.2) is 59.5 Å². The number of rotatable bonds is 9. The minimum absolute atomic E-state index is 0.0383. The summed E-state index contributed by atoms with van der Waals surface area (Å²) >= 11 is 1.39. The van der Waals surface area contributed by atoms with Crippen molar-refractivity contribution in [2.45, 2.75) is 25.7 Å². The average molecular weight is 412 g/mol. The Morgan fingerprint density at radius 2 is 1.66 bits per heavy atom. The van der Waals surface area contributed by atoms with Crippen molar-refractivity contribution in [3.63, 3.8) is 0 Å². The zero-order valence-corrected chi connectivity index (χ0v) is 17.7. The number of carbonyl (C=O) groups excluding carboxylic acids is 2. The minimum atomic E-state index is -0.303. The van der Waals surface area contributed by atoms with Gasteiger partial charge in [-0.3, -0.25) is 14.5 Å². The molecule has 3 rings (SSSR count). The van der Waals surface area contributed by atoms with Gasteiger partial charge in [0.15, 0.2) is 0 Å². The summed E-state index contributed by atoms with van der Waals surface area (Å²) in [5.41, 5.74) is 2.13. The molecular weight excluding hydrogens is 386 g/mol. The van der Waals surface area contributed by atoms with Crippen LogP contribution in [-0.4, -0.2) is 43.1 Å². The van der Waals surface area contributed by atoms with Crippen molar-refractivity contribution in [3.05, 3.63) is 70.6 Å². The van der Waals surface area contributed by atoms with Gasteiger partial charge in [0.05, 0.1) is 36.8 Å². The van der Waals surface area contributed by atoms with Crippen LogP contribution < -0.4 is 4.74 Å². The van der Waals surface area contributed by atoms with Gasteiger partial charge in [-0.05, 0) is 25.5 Å². The summed E-state index contributed by atoms with van der Waals surface area (Å²) in [6.45, 7) is 4.38. The highest BCUT2D eigenvalue weighted by Gasteiger charge is 2.39. The van der Waals surface area contributed by atoms with E-state index in [1.807, 2.05) is 62.4 Å². The normalized spacial score (nSPS) is 14.3. The summed E-state index contributed by atoms with van der Waals surface area (Å²) in [5.74, 6) is 0.595. The van der Waals surface area contributed by atoms with Crippen molar-refractivity contribution < 1.29 is 19.1 Å². The summed E-state index contributed by atoms with van der Waals surface area (Å²) in [6.07, 6.45) is 0.0383. The van der Waals surface area contributed by atoms with Gasteiger partial charge < -0.3 is 9.47 Å². The number of nitrogens with zero attached hydrogens (tertiary/aromatic N) is 1. The van der Waals surface area contributed by atoms with Crippen molar-refractivity contribution in [2.24, 2.45) is 0 Å². The van der Waals surface area contributed by atoms with Crippen LogP contribution in [0, 0.1) is 0 Å². The number of methoxy groups -OCH3 is 1. The Labute approximate surface area is 175 Å². The summed E-state index contributed by atoms with van der Waals surface area (Å²) in [4.78, 5) is 28.1. The maximum absolute atomic E-state index is 13.2. The predicted octanol–water partition coefficient (Wildman–Crippen LogP) is 4.13. The molecule has 29 heavy (non-hydrogen) atoms. The topological polar surface area (TPSA) is 55.8 Å². The second-order valence-electron chi connectivity index (χ2n) is 6.86. The van der Waals surface area contributed by atoms with Crippen LogP contribution in [0.5, 0.6) is 5.75 Å². The van der Waals surface area contributed by atoms with E-state index in [1.165, 1.54) is 16.7 Å². The van der Waals surface area contributed by atoms with E-state index in [9.17, 15) is 9.59 Å². The Bertz CT molecular complexity index is 908. The third-order valence-corrected chi connectivity index (χ3v) is 5.64. The van der Waals surface area contributed by atoms with Crippen molar-refractivity contribution in [3.8, 4) is 5.75 Å². The number of benzene rings is 2. The molecule has 6 heteroatoms. The van der Waals surface area contributed by atoms with E-state index in [2.05, 4.69) is 0 Å². The Kier molecular flexibility index (Phi) is 7.12. The number of amides is 2. The van der Waals surface area contributed by atoms with E-state index in [0.717, 1.165) is 5.56 Å². The Morgan fingerprint density at radius 3 is 2.34 bits per heavy atom. The average Bonchev–Trinajstić information content (AvgIpc) is 2.96. The molecule has 0 aromatic heterocycles. The number of para-hydroxylation sites is 1. The first-order valence-corrected chi connectivity index (χ1v) is 10.5. The fourth-order valence-electron chi connectivity index (χ4n) is 3.09. The van der Waals surface area contributed by atoms with E-state index in [1.54, 1.807) is 13.2 Å². The lowest BCUT2D eigenvalue weighted by molar-refractivity contribution is -0.137. The molecule has 152 valence electrons. The highest BCUT2D eigenvalue weighted by molar-refractivity contribution is 8.03. The third-order valence-electron chi connectivity index (χ3n) is 4.49. The lowest BCUT2D eigenvalue weighted by Gasteiger charge is -2.16. The first-order valence-electron chi connectivity index (χ1n) is 9.55. The SMILES string of the molecule is COc1ccccc1C1=C(SCc2ccccc2)C(=O)N(CCOC(C)C)C1=O. The molecule has 2 aromatic carbocycles. The van der Waals surface area contributed by atoms with Crippen molar-refractivity contribution in [2.75, 3.05) is 20.3 Å². The van der Waals surface area contributed by atoms with Crippen molar-refractivity contribution >= 4 is 29.1 Å². The maximum atomic E-state index is 13.2. The molecule has 0 saturated carbocycles. The molecule has 2 amide bonds. The zero-order chi connectivity index (χ0) is 20.8. The highest BCUT2D eigenvalue weighted by Crippen LogP contribution is 2.40. The van der Waals surface area contributed by atoms with E-state index >= 15 is 0 Å². The highest BCUT2D eigenvalue weighted by atomic mass is 32.2.